The maximum Gasteiger partial charge on any atom is 0.224 e. The predicted molar refractivity (Wildman–Crippen MR) is 140 cm³/mol. The molecule has 0 saturated heterocycles. The summed E-state index contributed by atoms with van der Waals surface area (Å²) >= 11 is 6.29. The molecule has 0 unspecified atom stereocenters. The first-order chi connectivity index (χ1) is 16.1. The van der Waals surface area contributed by atoms with Crippen molar-refractivity contribution in [2.75, 3.05) is 0 Å². The molecule has 0 atom stereocenters. The quantitative estimate of drug-likeness (QED) is 0.184. The monoisotopic (exact) mass is 448 g/mol. The van der Waals surface area contributed by atoms with Crippen LogP contribution in [0.2, 0.25) is 0 Å². The van der Waals surface area contributed by atoms with Crippen molar-refractivity contribution >= 4 is 50.2 Å². The van der Waals surface area contributed by atoms with Crippen LogP contribution in [0.1, 0.15) is 11.1 Å². The van der Waals surface area contributed by atoms with E-state index in [2.05, 4.69) is 51.5 Å². The molecule has 2 N–H and O–H groups in total. The molecule has 0 aliphatic carbocycles. The summed E-state index contributed by atoms with van der Waals surface area (Å²) in [6, 6.07) is 34.3. The molecule has 1 heterocycles. The van der Waals surface area contributed by atoms with E-state index >= 15 is 0 Å². The van der Waals surface area contributed by atoms with Gasteiger partial charge in [0.2, 0.25) is 5.29 Å². The maximum atomic E-state index is 6.31. The highest BCUT2D eigenvalue weighted by atomic mass is 35.5. The first-order valence-corrected chi connectivity index (χ1v) is 10.9. The highest BCUT2D eigenvalue weighted by Gasteiger charge is 2.13. The van der Waals surface area contributed by atoms with Crippen LogP contribution in [0.25, 0.3) is 33.2 Å². The van der Waals surface area contributed by atoms with Crippen LogP contribution < -0.4 is 5.73 Å². The average Bonchev–Trinajstić information content (AvgIpc) is 3.18. The molecule has 4 nitrogen and oxygen atoms in total. The first kappa shape index (κ1) is 20.7. The standard InChI is InChI=1S/C28H21ClN4/c1-19(20-10-4-2-5-11-20)31-28(29)32-27(30)21-16-17-26-24(18-21)23-14-8-9-15-25(23)33(26)22-12-6-3-7-13-22/h2-18H,1H2,(H2,30,31,32). The number of rotatable bonds is 4. The SMILES string of the molecule is C=C(/N=C(Cl)\N=C(/N)c1ccc2c(c1)c1ccccc1n2-c1ccccc1)c1ccccc1. The number of fused-ring (bicyclic) bond motifs is 3. The van der Waals surface area contributed by atoms with E-state index in [9.17, 15) is 0 Å². The Morgan fingerprint density at radius 1 is 0.697 bits per heavy atom. The van der Waals surface area contributed by atoms with E-state index in [-0.39, 0.29) is 5.29 Å². The maximum absolute atomic E-state index is 6.31. The lowest BCUT2D eigenvalue weighted by atomic mass is 10.1. The largest absolute Gasteiger partial charge is 0.383 e. The molecule has 0 spiro atoms. The van der Waals surface area contributed by atoms with Crippen molar-refractivity contribution in [3.63, 3.8) is 0 Å². The van der Waals surface area contributed by atoms with Crippen molar-refractivity contribution in [1.82, 2.24) is 4.57 Å². The highest BCUT2D eigenvalue weighted by Crippen LogP contribution is 2.32. The minimum Gasteiger partial charge on any atom is -0.383 e. The smallest absolute Gasteiger partial charge is 0.224 e. The number of aromatic nitrogens is 1. The van der Waals surface area contributed by atoms with Crippen LogP contribution in [0.4, 0.5) is 0 Å². The first-order valence-electron chi connectivity index (χ1n) is 10.5. The lowest BCUT2D eigenvalue weighted by Crippen LogP contribution is -2.14. The van der Waals surface area contributed by atoms with Gasteiger partial charge >= 0.3 is 0 Å². The second kappa shape index (κ2) is 8.77. The fraction of sp³-hybridized carbons (Fsp3) is 0. The topological polar surface area (TPSA) is 55.7 Å². The number of hydrogen-bond acceptors (Lipinski definition) is 1. The van der Waals surface area contributed by atoms with Crippen molar-refractivity contribution in [1.29, 1.82) is 0 Å². The molecule has 0 amide bonds. The lowest BCUT2D eigenvalue weighted by molar-refractivity contribution is 1.18. The molecule has 33 heavy (non-hydrogen) atoms. The third-order valence-electron chi connectivity index (χ3n) is 5.53. The van der Waals surface area contributed by atoms with Gasteiger partial charge in [-0.15, -0.1) is 0 Å². The Balaban J connectivity index is 1.57. The van der Waals surface area contributed by atoms with E-state index in [0.717, 1.165) is 38.6 Å². The van der Waals surface area contributed by atoms with Crippen LogP contribution in [0.5, 0.6) is 0 Å². The summed E-state index contributed by atoms with van der Waals surface area (Å²) in [6.45, 7) is 3.97. The molecule has 0 radical (unpaired) electrons. The van der Waals surface area contributed by atoms with Gasteiger partial charge in [0.15, 0.2) is 0 Å². The zero-order chi connectivity index (χ0) is 22.8. The Bertz CT molecular complexity index is 1530. The van der Waals surface area contributed by atoms with Crippen LogP contribution in [-0.4, -0.2) is 15.7 Å². The summed E-state index contributed by atoms with van der Waals surface area (Å²) in [7, 11) is 0. The summed E-state index contributed by atoms with van der Waals surface area (Å²) < 4.78 is 2.25. The van der Waals surface area contributed by atoms with Crippen LogP contribution in [0, 0.1) is 0 Å². The summed E-state index contributed by atoms with van der Waals surface area (Å²) in [5.41, 5.74) is 11.8. The minimum atomic E-state index is 0.0353. The molecule has 160 valence electrons. The van der Waals surface area contributed by atoms with Crippen molar-refractivity contribution < 1.29 is 0 Å². The summed E-state index contributed by atoms with van der Waals surface area (Å²) in [5, 5.41) is 2.27. The molecule has 0 fully saturated rings. The molecule has 5 aromatic rings. The zero-order valence-corrected chi connectivity index (χ0v) is 18.6. The van der Waals surface area contributed by atoms with Gasteiger partial charge in [-0.1, -0.05) is 73.3 Å². The van der Waals surface area contributed by atoms with E-state index in [1.54, 1.807) is 0 Å². The van der Waals surface area contributed by atoms with Gasteiger partial charge in [0, 0.05) is 22.0 Å². The molecule has 1 aromatic heterocycles. The average molecular weight is 449 g/mol. The van der Waals surface area contributed by atoms with Crippen molar-refractivity contribution in [3.05, 3.63) is 121 Å². The van der Waals surface area contributed by atoms with E-state index in [0.29, 0.717) is 11.5 Å². The number of halogens is 1. The second-order valence-electron chi connectivity index (χ2n) is 7.61. The predicted octanol–water partition coefficient (Wildman–Crippen LogP) is 6.75. The Morgan fingerprint density at radius 3 is 2.09 bits per heavy atom. The van der Waals surface area contributed by atoms with Crippen LogP contribution in [0.15, 0.2) is 120 Å². The Hall–Kier alpha value is -4.15. The fourth-order valence-corrected chi connectivity index (χ4v) is 4.18. The van der Waals surface area contributed by atoms with E-state index in [4.69, 9.17) is 17.3 Å². The zero-order valence-electron chi connectivity index (χ0n) is 17.8. The Morgan fingerprint density at radius 2 is 1.33 bits per heavy atom. The molecule has 0 aliphatic rings. The highest BCUT2D eigenvalue weighted by molar-refractivity contribution is 6.66. The summed E-state index contributed by atoms with van der Waals surface area (Å²) in [6.07, 6.45) is 0. The van der Waals surface area contributed by atoms with Gasteiger partial charge in [-0.25, -0.2) is 9.98 Å². The second-order valence-corrected chi connectivity index (χ2v) is 7.95. The van der Waals surface area contributed by atoms with E-state index in [1.807, 2.05) is 72.8 Å². The fourth-order valence-electron chi connectivity index (χ4n) is 3.98. The third-order valence-corrected chi connectivity index (χ3v) is 5.70. The molecular weight excluding hydrogens is 428 g/mol. The molecule has 5 heteroatoms. The molecule has 0 saturated carbocycles. The molecule has 0 bridgehead atoms. The van der Waals surface area contributed by atoms with Gasteiger partial charge in [-0.2, -0.15) is 0 Å². The van der Waals surface area contributed by atoms with Crippen molar-refractivity contribution in [2.24, 2.45) is 15.7 Å². The van der Waals surface area contributed by atoms with Crippen LogP contribution >= 0.6 is 11.6 Å². The van der Waals surface area contributed by atoms with Crippen molar-refractivity contribution in [3.8, 4) is 5.69 Å². The van der Waals surface area contributed by atoms with E-state index < -0.39 is 0 Å². The van der Waals surface area contributed by atoms with Crippen molar-refractivity contribution in [2.45, 2.75) is 0 Å². The van der Waals surface area contributed by atoms with Gasteiger partial charge in [0.1, 0.15) is 5.84 Å². The molecule has 4 aromatic carbocycles. The summed E-state index contributed by atoms with van der Waals surface area (Å²) in [4.78, 5) is 8.59. The van der Waals surface area contributed by atoms with Crippen LogP contribution in [-0.2, 0) is 0 Å². The van der Waals surface area contributed by atoms with Gasteiger partial charge in [0.05, 0.1) is 16.7 Å². The number of benzene rings is 4. The molecule has 0 aliphatic heterocycles. The number of hydrogen-bond donors (Lipinski definition) is 1. The Kier molecular flexibility index (Phi) is 5.51. The number of para-hydroxylation sites is 2. The van der Waals surface area contributed by atoms with Gasteiger partial charge in [-0.05, 0) is 53.6 Å². The normalized spacial score (nSPS) is 12.4. The Labute approximate surface area is 197 Å². The number of amidine groups is 2. The number of aliphatic imine (C=N–C) groups is 2. The molecule has 5 rings (SSSR count). The lowest BCUT2D eigenvalue weighted by Gasteiger charge is -2.08. The van der Waals surface area contributed by atoms with Gasteiger partial charge in [0.25, 0.3) is 0 Å². The van der Waals surface area contributed by atoms with Gasteiger partial charge < -0.3 is 10.3 Å². The number of nitrogens with zero attached hydrogens (tertiary/aromatic N) is 3. The van der Waals surface area contributed by atoms with Crippen LogP contribution in [0.3, 0.4) is 0 Å². The molecular formula is C28H21ClN4. The van der Waals surface area contributed by atoms with E-state index in [1.165, 1.54) is 0 Å². The minimum absolute atomic E-state index is 0.0353. The third kappa shape index (κ3) is 4.04. The summed E-state index contributed by atoms with van der Waals surface area (Å²) in [5.74, 6) is 0.294. The van der Waals surface area contributed by atoms with Gasteiger partial charge in [-0.3, -0.25) is 0 Å². The number of nitrogens with two attached hydrogens (primary N) is 1.